The van der Waals surface area contributed by atoms with Crippen LogP contribution in [0.1, 0.15) is 26.2 Å². The van der Waals surface area contributed by atoms with Crippen molar-refractivity contribution in [1.82, 2.24) is 9.79 Å². The van der Waals surface area contributed by atoms with Crippen LogP contribution in [0.15, 0.2) is 34.3 Å². The van der Waals surface area contributed by atoms with Gasteiger partial charge in [-0.05, 0) is 30.7 Å². The first kappa shape index (κ1) is 19.2. The Bertz CT molecular complexity index is 732. The number of hydrogen-bond acceptors (Lipinski definition) is 7. The zero-order valence-corrected chi connectivity index (χ0v) is 14.6. The molecule has 1 saturated heterocycles. The molecule has 1 atom stereocenters. The van der Waals surface area contributed by atoms with Gasteiger partial charge in [0, 0.05) is 6.42 Å². The van der Waals surface area contributed by atoms with Gasteiger partial charge in [0.25, 0.3) is 5.91 Å². The lowest BCUT2D eigenvalue weighted by molar-refractivity contribution is -0.132. The second-order valence-electron chi connectivity index (χ2n) is 5.59. The first-order chi connectivity index (χ1) is 11.9. The van der Waals surface area contributed by atoms with Crippen LogP contribution in [0.3, 0.4) is 0 Å². The lowest BCUT2D eigenvalue weighted by Gasteiger charge is -2.21. The number of rotatable bonds is 7. The van der Waals surface area contributed by atoms with Gasteiger partial charge in [0.15, 0.2) is 0 Å². The maximum absolute atomic E-state index is 12.8. The van der Waals surface area contributed by atoms with Gasteiger partial charge in [0.1, 0.15) is 11.8 Å². The molecule has 1 aliphatic rings. The smallest absolute Gasteiger partial charge is 0.262 e. The van der Waals surface area contributed by atoms with Crippen LogP contribution in [0.25, 0.3) is 0 Å². The normalized spacial score (nSPS) is 19.9. The summed E-state index contributed by atoms with van der Waals surface area (Å²) < 4.78 is 32.0. The highest BCUT2D eigenvalue weighted by atomic mass is 32.2. The van der Waals surface area contributed by atoms with E-state index in [9.17, 15) is 13.2 Å². The van der Waals surface area contributed by atoms with E-state index in [1.54, 1.807) is 12.1 Å². The summed E-state index contributed by atoms with van der Waals surface area (Å²) in [6.07, 6.45) is 1.79. The third-order valence-corrected chi connectivity index (χ3v) is 5.74. The Labute approximate surface area is 145 Å². The number of benzene rings is 1. The summed E-state index contributed by atoms with van der Waals surface area (Å²) in [6.45, 7) is 2.35. The summed E-state index contributed by atoms with van der Waals surface area (Å²) in [5.74, 6) is -0.335. The molecule has 0 aliphatic carbocycles. The third kappa shape index (κ3) is 4.27. The van der Waals surface area contributed by atoms with E-state index in [2.05, 4.69) is 5.16 Å². The molecule has 10 heteroatoms. The highest BCUT2D eigenvalue weighted by molar-refractivity contribution is 7.89. The highest BCUT2D eigenvalue weighted by Crippen LogP contribution is 2.26. The van der Waals surface area contributed by atoms with Crippen molar-refractivity contribution in [2.75, 3.05) is 13.2 Å². The predicted octanol–water partition coefficient (Wildman–Crippen LogP) is 0.964. The van der Waals surface area contributed by atoms with Crippen LogP contribution >= 0.6 is 0 Å². The zero-order chi connectivity index (χ0) is 18.4. The van der Waals surface area contributed by atoms with Crippen LogP contribution in [0.5, 0.6) is 5.75 Å². The average molecular weight is 371 g/mol. The van der Waals surface area contributed by atoms with E-state index >= 15 is 0 Å². The number of nitrogens with zero attached hydrogens (tertiary/aromatic N) is 2. The van der Waals surface area contributed by atoms with Gasteiger partial charge in [-0.25, -0.2) is 13.9 Å². The Balaban J connectivity index is 2.23. The fourth-order valence-electron chi connectivity index (χ4n) is 2.48. The summed E-state index contributed by atoms with van der Waals surface area (Å²) in [5.41, 5.74) is 1.58. The Hall–Kier alpha value is -2.17. The lowest BCUT2D eigenvalue weighted by Crippen LogP contribution is -2.45. The van der Waals surface area contributed by atoms with Gasteiger partial charge in [-0.2, -0.15) is 4.31 Å². The van der Waals surface area contributed by atoms with E-state index in [0.29, 0.717) is 12.4 Å². The summed E-state index contributed by atoms with van der Waals surface area (Å²) in [4.78, 5) is 11.7. The maximum atomic E-state index is 12.8. The average Bonchev–Trinajstić information content (AvgIpc) is 3.07. The molecule has 0 saturated carbocycles. The number of amides is 1. The molecule has 0 unspecified atom stereocenters. The number of hydrogen-bond donors (Lipinski definition) is 3. The van der Waals surface area contributed by atoms with E-state index in [-0.39, 0.29) is 23.6 Å². The molecule has 1 amide bonds. The molecule has 3 N–H and O–H groups in total. The number of carbonyl (C=O) groups is 1. The molecule has 138 valence electrons. The molecule has 0 spiro atoms. The molecule has 1 aliphatic heterocycles. The van der Waals surface area contributed by atoms with Crippen molar-refractivity contribution < 1.29 is 28.4 Å². The number of oxime groups is 1. The van der Waals surface area contributed by atoms with E-state index < -0.39 is 22.0 Å². The minimum atomic E-state index is -4.01. The predicted molar refractivity (Wildman–Crippen MR) is 88.3 cm³/mol. The van der Waals surface area contributed by atoms with Crippen LogP contribution in [-0.2, 0) is 14.8 Å². The van der Waals surface area contributed by atoms with Crippen molar-refractivity contribution in [3.05, 3.63) is 24.3 Å². The number of ether oxygens (including phenoxy) is 1. The molecule has 9 nitrogen and oxygen atoms in total. The number of unbranched alkanes of at least 4 members (excludes halogenated alkanes) is 1. The van der Waals surface area contributed by atoms with E-state index in [1.165, 1.54) is 17.6 Å². The number of hydroxylamine groups is 1. The second kappa shape index (κ2) is 8.28. The van der Waals surface area contributed by atoms with E-state index in [0.717, 1.165) is 17.1 Å². The molecular formula is C15H21N3O6S. The van der Waals surface area contributed by atoms with E-state index in [4.69, 9.17) is 15.2 Å². The minimum absolute atomic E-state index is 0.0229. The molecule has 1 aromatic carbocycles. The van der Waals surface area contributed by atoms with Gasteiger partial charge in [0.05, 0.1) is 23.8 Å². The largest absolute Gasteiger partial charge is 0.494 e. The van der Waals surface area contributed by atoms with Crippen LogP contribution in [0.2, 0.25) is 0 Å². The quantitative estimate of drug-likeness (QED) is 0.283. The van der Waals surface area contributed by atoms with Gasteiger partial charge in [-0.3, -0.25) is 10.0 Å². The second-order valence-corrected chi connectivity index (χ2v) is 7.48. The molecule has 2 rings (SSSR count). The van der Waals surface area contributed by atoms with Gasteiger partial charge in [-0.1, -0.05) is 18.5 Å². The fraction of sp³-hybridized carbons (Fsp3) is 0.467. The van der Waals surface area contributed by atoms with Crippen molar-refractivity contribution in [2.24, 2.45) is 5.16 Å². The van der Waals surface area contributed by atoms with Crippen molar-refractivity contribution in [2.45, 2.75) is 37.1 Å². The van der Waals surface area contributed by atoms with Crippen LogP contribution in [-0.4, -0.2) is 53.9 Å². The van der Waals surface area contributed by atoms with Crippen molar-refractivity contribution >= 4 is 21.6 Å². The molecule has 1 aromatic rings. The Morgan fingerprint density at radius 1 is 1.40 bits per heavy atom. The molecule has 0 bridgehead atoms. The van der Waals surface area contributed by atoms with Gasteiger partial charge >= 0.3 is 0 Å². The molecule has 1 fully saturated rings. The van der Waals surface area contributed by atoms with Crippen molar-refractivity contribution in [3.8, 4) is 5.75 Å². The van der Waals surface area contributed by atoms with E-state index in [1.807, 2.05) is 6.92 Å². The molecule has 0 radical (unpaired) electrons. The van der Waals surface area contributed by atoms with Gasteiger partial charge in [-0.15, -0.1) is 0 Å². The summed E-state index contributed by atoms with van der Waals surface area (Å²) in [6, 6.07) is 4.68. The summed E-state index contributed by atoms with van der Waals surface area (Å²) >= 11 is 0. The zero-order valence-electron chi connectivity index (χ0n) is 13.8. The first-order valence-corrected chi connectivity index (χ1v) is 9.26. The number of carbonyl (C=O) groups excluding carboxylic acids is 1. The minimum Gasteiger partial charge on any atom is -0.494 e. The van der Waals surface area contributed by atoms with Crippen LogP contribution in [0.4, 0.5) is 0 Å². The third-order valence-electron chi connectivity index (χ3n) is 3.87. The standard InChI is InChI=1S/C15H21N3O6S/c1-2-3-8-24-12-4-6-13(7-5-12)25(22,23)18-10-11(16-20)9-14(18)15(19)17-21/h4-7,14,20-21H,2-3,8-10H2,1H3,(H,17,19)/b16-11-/t14-/m0/s1. The SMILES string of the molecule is CCCCOc1ccc(S(=O)(=O)N2C/C(=N\O)C[C@H]2C(=O)NO)cc1. The highest BCUT2D eigenvalue weighted by Gasteiger charge is 2.42. The summed E-state index contributed by atoms with van der Waals surface area (Å²) in [5, 5.41) is 20.7. The van der Waals surface area contributed by atoms with Crippen LogP contribution in [0, 0.1) is 0 Å². The van der Waals surface area contributed by atoms with Gasteiger partial charge < -0.3 is 9.94 Å². The molecule has 1 heterocycles. The molecule has 0 aromatic heterocycles. The molecular weight excluding hydrogens is 350 g/mol. The first-order valence-electron chi connectivity index (χ1n) is 7.82. The number of nitrogens with one attached hydrogen (secondary N) is 1. The summed E-state index contributed by atoms with van der Waals surface area (Å²) in [7, 11) is -4.01. The maximum Gasteiger partial charge on any atom is 0.262 e. The Morgan fingerprint density at radius 2 is 2.08 bits per heavy atom. The van der Waals surface area contributed by atoms with Gasteiger partial charge in [0.2, 0.25) is 10.0 Å². The Kier molecular flexibility index (Phi) is 6.34. The monoisotopic (exact) mass is 371 g/mol. The van der Waals surface area contributed by atoms with Crippen LogP contribution < -0.4 is 10.2 Å². The Morgan fingerprint density at radius 3 is 2.64 bits per heavy atom. The van der Waals surface area contributed by atoms with Crippen molar-refractivity contribution in [3.63, 3.8) is 0 Å². The topological polar surface area (TPSA) is 129 Å². The molecule has 25 heavy (non-hydrogen) atoms. The number of sulfonamides is 1. The lowest BCUT2D eigenvalue weighted by atomic mass is 10.2. The fourth-order valence-corrected chi connectivity index (χ4v) is 4.06. The van der Waals surface area contributed by atoms with Crippen molar-refractivity contribution in [1.29, 1.82) is 0 Å².